The standard InChI is InChI=1S/C15H13F3N6OS/c16-15(17,18)13-20-7-11-5-9(1-3-23(11)13)12(25)22-10-6-21-24(8-10)14-19-2-4-26-14/h2,4,6-9H,1,3,5H2,(H,22,25). The number of anilines is 1. The van der Waals surface area contributed by atoms with E-state index in [0.717, 1.165) is 4.57 Å². The molecule has 0 bridgehead atoms. The molecule has 1 aliphatic rings. The summed E-state index contributed by atoms with van der Waals surface area (Å²) in [5.74, 6) is -1.57. The quantitative estimate of drug-likeness (QED) is 0.756. The van der Waals surface area contributed by atoms with Crippen LogP contribution in [0.3, 0.4) is 0 Å². The lowest BCUT2D eigenvalue weighted by molar-refractivity contribution is -0.147. The van der Waals surface area contributed by atoms with Crippen LogP contribution in [0.5, 0.6) is 0 Å². The zero-order chi connectivity index (χ0) is 18.3. The topological polar surface area (TPSA) is 77.6 Å². The van der Waals surface area contributed by atoms with Crippen molar-refractivity contribution >= 4 is 22.9 Å². The van der Waals surface area contributed by atoms with Gasteiger partial charge in [-0.1, -0.05) is 0 Å². The van der Waals surface area contributed by atoms with E-state index in [1.165, 1.54) is 23.7 Å². The molecule has 0 aromatic carbocycles. The highest BCUT2D eigenvalue weighted by molar-refractivity contribution is 7.12. The molecule has 26 heavy (non-hydrogen) atoms. The Hall–Kier alpha value is -2.69. The number of rotatable bonds is 3. The van der Waals surface area contributed by atoms with Crippen LogP contribution in [0.1, 0.15) is 17.9 Å². The van der Waals surface area contributed by atoms with Crippen LogP contribution < -0.4 is 5.32 Å². The van der Waals surface area contributed by atoms with Crippen LogP contribution in [0.15, 0.2) is 30.2 Å². The monoisotopic (exact) mass is 382 g/mol. The molecule has 0 radical (unpaired) electrons. The summed E-state index contributed by atoms with van der Waals surface area (Å²) in [6, 6.07) is 0. The molecule has 1 N–H and O–H groups in total. The van der Waals surface area contributed by atoms with Crippen molar-refractivity contribution in [2.45, 2.75) is 25.6 Å². The molecule has 4 heterocycles. The number of nitrogens with one attached hydrogen (secondary N) is 1. The molecule has 7 nitrogen and oxygen atoms in total. The first-order valence-corrected chi connectivity index (χ1v) is 8.67. The van der Waals surface area contributed by atoms with Gasteiger partial charge in [-0.25, -0.2) is 14.6 Å². The highest BCUT2D eigenvalue weighted by Crippen LogP contribution is 2.32. The smallest absolute Gasteiger partial charge is 0.324 e. The van der Waals surface area contributed by atoms with Gasteiger partial charge in [0.15, 0.2) is 0 Å². The predicted molar refractivity (Wildman–Crippen MR) is 86.9 cm³/mol. The molecule has 1 unspecified atom stereocenters. The third-order valence-corrected chi connectivity index (χ3v) is 4.95. The summed E-state index contributed by atoms with van der Waals surface area (Å²) in [4.78, 5) is 20.1. The third kappa shape index (κ3) is 3.09. The molecule has 3 aromatic heterocycles. The highest BCUT2D eigenvalue weighted by Gasteiger charge is 2.39. The van der Waals surface area contributed by atoms with E-state index in [2.05, 4.69) is 20.4 Å². The van der Waals surface area contributed by atoms with Crippen molar-refractivity contribution in [3.8, 4) is 5.13 Å². The molecule has 136 valence electrons. The van der Waals surface area contributed by atoms with Crippen molar-refractivity contribution < 1.29 is 18.0 Å². The molecule has 0 aliphatic carbocycles. The fraction of sp³-hybridized carbons (Fsp3) is 0.333. The lowest BCUT2D eigenvalue weighted by Crippen LogP contribution is -2.31. The molecule has 0 saturated carbocycles. The fourth-order valence-corrected chi connectivity index (χ4v) is 3.55. The normalized spacial score (nSPS) is 17.1. The summed E-state index contributed by atoms with van der Waals surface area (Å²) in [6.07, 6.45) is 2.05. The molecule has 0 spiro atoms. The van der Waals surface area contributed by atoms with Crippen LogP contribution in [0.4, 0.5) is 18.9 Å². The van der Waals surface area contributed by atoms with Crippen molar-refractivity contribution in [2.75, 3.05) is 5.32 Å². The SMILES string of the molecule is O=C(Nc1cnn(-c2nccs2)c1)C1CCn2c(cnc2C(F)(F)F)C1. The largest absolute Gasteiger partial charge is 0.449 e. The van der Waals surface area contributed by atoms with E-state index in [9.17, 15) is 18.0 Å². The summed E-state index contributed by atoms with van der Waals surface area (Å²) in [7, 11) is 0. The van der Waals surface area contributed by atoms with Crippen molar-refractivity contribution in [3.63, 3.8) is 0 Å². The Morgan fingerprint density at radius 1 is 1.31 bits per heavy atom. The number of aromatic nitrogens is 5. The number of nitrogens with zero attached hydrogens (tertiary/aromatic N) is 5. The highest BCUT2D eigenvalue weighted by atomic mass is 32.1. The first kappa shape index (κ1) is 16.8. The van der Waals surface area contributed by atoms with Crippen molar-refractivity contribution in [3.05, 3.63) is 41.7 Å². The summed E-state index contributed by atoms with van der Waals surface area (Å²) < 4.78 is 41.4. The Morgan fingerprint density at radius 2 is 2.15 bits per heavy atom. The maximum absolute atomic E-state index is 12.9. The average molecular weight is 382 g/mol. The maximum atomic E-state index is 12.9. The van der Waals surface area contributed by atoms with Crippen LogP contribution in [0, 0.1) is 5.92 Å². The third-order valence-electron chi connectivity index (χ3n) is 4.18. The zero-order valence-electron chi connectivity index (χ0n) is 13.3. The van der Waals surface area contributed by atoms with Crippen molar-refractivity contribution in [1.29, 1.82) is 0 Å². The number of thiazole rings is 1. The van der Waals surface area contributed by atoms with Gasteiger partial charge in [-0.2, -0.15) is 18.3 Å². The number of hydrogen-bond donors (Lipinski definition) is 1. The van der Waals surface area contributed by atoms with E-state index < -0.39 is 17.9 Å². The average Bonchev–Trinajstić information content (AvgIpc) is 3.33. The van der Waals surface area contributed by atoms with Crippen LogP contribution >= 0.6 is 11.3 Å². The van der Waals surface area contributed by atoms with E-state index in [1.54, 1.807) is 17.1 Å². The Kier molecular flexibility index (Phi) is 4.02. The minimum atomic E-state index is -4.49. The number of imidazole rings is 1. The Labute approximate surface area is 149 Å². The number of carbonyl (C=O) groups is 1. The molecule has 0 fully saturated rings. The molecule has 0 saturated heterocycles. The van der Waals surface area contributed by atoms with E-state index in [-0.39, 0.29) is 18.9 Å². The molecule has 11 heteroatoms. The molecule has 1 aliphatic heterocycles. The second kappa shape index (κ2) is 6.24. The summed E-state index contributed by atoms with van der Waals surface area (Å²) in [5, 5.41) is 9.39. The maximum Gasteiger partial charge on any atom is 0.449 e. The minimum absolute atomic E-state index is 0.112. The Balaban J connectivity index is 1.44. The van der Waals surface area contributed by atoms with Crippen molar-refractivity contribution in [1.82, 2.24) is 24.3 Å². The second-order valence-electron chi connectivity index (χ2n) is 5.89. The lowest BCUT2D eigenvalue weighted by Gasteiger charge is -2.24. The van der Waals surface area contributed by atoms with Gasteiger partial charge in [-0.15, -0.1) is 11.3 Å². The van der Waals surface area contributed by atoms with E-state index in [4.69, 9.17) is 0 Å². The van der Waals surface area contributed by atoms with Crippen molar-refractivity contribution in [2.24, 2.45) is 5.92 Å². The first-order valence-electron chi connectivity index (χ1n) is 7.79. The molecule has 3 aromatic rings. The molecule has 1 amide bonds. The van der Waals surface area contributed by atoms with Gasteiger partial charge < -0.3 is 9.88 Å². The zero-order valence-corrected chi connectivity index (χ0v) is 14.1. The second-order valence-corrected chi connectivity index (χ2v) is 6.76. The number of halogens is 3. The van der Waals surface area contributed by atoms with E-state index in [0.29, 0.717) is 22.9 Å². The summed E-state index contributed by atoms with van der Waals surface area (Å²) in [6.45, 7) is 0.112. The van der Waals surface area contributed by atoms with E-state index >= 15 is 0 Å². The number of carbonyl (C=O) groups excluding carboxylic acids is 1. The minimum Gasteiger partial charge on any atom is -0.324 e. The molecular weight excluding hydrogens is 369 g/mol. The summed E-state index contributed by atoms with van der Waals surface area (Å²) >= 11 is 1.41. The van der Waals surface area contributed by atoms with Gasteiger partial charge in [0.2, 0.25) is 16.9 Å². The van der Waals surface area contributed by atoms with Gasteiger partial charge in [0.25, 0.3) is 0 Å². The molecular formula is C15H13F3N6OS. The van der Waals surface area contributed by atoms with Gasteiger partial charge in [0, 0.05) is 42.4 Å². The number of fused-ring (bicyclic) bond motifs is 1. The molecule has 1 atom stereocenters. The van der Waals surface area contributed by atoms with Gasteiger partial charge in [0.05, 0.1) is 18.1 Å². The summed E-state index contributed by atoms with van der Waals surface area (Å²) in [5.41, 5.74) is 0.933. The number of alkyl halides is 3. The number of amides is 1. The molecule has 4 rings (SSSR count). The fourth-order valence-electron chi connectivity index (χ4n) is 2.98. The van der Waals surface area contributed by atoms with Gasteiger partial charge in [-0.05, 0) is 6.42 Å². The van der Waals surface area contributed by atoms with Gasteiger partial charge in [-0.3, -0.25) is 4.79 Å². The predicted octanol–water partition coefficient (Wildman–Crippen LogP) is 2.75. The lowest BCUT2D eigenvalue weighted by atomic mass is 9.95. The van der Waals surface area contributed by atoms with Crippen LogP contribution in [-0.4, -0.2) is 30.2 Å². The van der Waals surface area contributed by atoms with Crippen LogP contribution in [0.25, 0.3) is 5.13 Å². The first-order chi connectivity index (χ1) is 12.4. The van der Waals surface area contributed by atoms with Gasteiger partial charge >= 0.3 is 6.18 Å². The van der Waals surface area contributed by atoms with E-state index in [1.807, 2.05) is 5.38 Å². The van der Waals surface area contributed by atoms with Crippen LogP contribution in [-0.2, 0) is 23.9 Å². The van der Waals surface area contributed by atoms with Crippen LogP contribution in [0.2, 0.25) is 0 Å². The number of hydrogen-bond acceptors (Lipinski definition) is 5. The Morgan fingerprint density at radius 3 is 2.88 bits per heavy atom. The van der Waals surface area contributed by atoms with Gasteiger partial charge in [0.1, 0.15) is 0 Å². The Bertz CT molecular complexity index is 930.